The van der Waals surface area contributed by atoms with Crippen molar-refractivity contribution < 1.29 is 9.84 Å². The van der Waals surface area contributed by atoms with E-state index in [2.05, 4.69) is 18.7 Å². The average molecular weight is 175 g/mol. The molecule has 0 heterocycles. The molecule has 3 nitrogen and oxygen atoms in total. The van der Waals surface area contributed by atoms with Crippen molar-refractivity contribution in [3.05, 3.63) is 0 Å². The molecule has 0 fully saturated rings. The molecule has 0 saturated heterocycles. The summed E-state index contributed by atoms with van der Waals surface area (Å²) in [4.78, 5) is 2.30. The fraction of sp³-hybridized carbons (Fsp3) is 1.00. The van der Waals surface area contributed by atoms with E-state index < -0.39 is 0 Å². The Labute approximate surface area is 75.3 Å². The molecule has 0 aliphatic rings. The van der Waals surface area contributed by atoms with Gasteiger partial charge in [0.25, 0.3) is 0 Å². The first kappa shape index (κ1) is 11.9. The molecule has 1 unspecified atom stereocenters. The minimum Gasteiger partial charge on any atom is -0.394 e. The summed E-state index contributed by atoms with van der Waals surface area (Å²) in [6, 6.07) is 0. The van der Waals surface area contributed by atoms with Gasteiger partial charge in [-0.15, -0.1) is 0 Å². The van der Waals surface area contributed by atoms with E-state index in [1.807, 2.05) is 6.92 Å². The molecule has 0 aliphatic carbocycles. The molecule has 0 rings (SSSR count). The number of likely N-dealkylation sites (N-methyl/N-ethyl adjacent to an activating group) is 1. The lowest BCUT2D eigenvalue weighted by molar-refractivity contribution is 0.0151. The van der Waals surface area contributed by atoms with Crippen LogP contribution in [0, 0.1) is 0 Å². The molecular formula is C9H21NO2. The van der Waals surface area contributed by atoms with Crippen LogP contribution in [0.15, 0.2) is 0 Å². The Kier molecular flexibility index (Phi) is 7.45. The highest BCUT2D eigenvalue weighted by molar-refractivity contribution is 4.52. The molecule has 3 heteroatoms. The fourth-order valence-electron chi connectivity index (χ4n) is 0.976. The summed E-state index contributed by atoms with van der Waals surface area (Å²) in [6.45, 7) is 10.1. The minimum absolute atomic E-state index is 0.0273. The zero-order valence-corrected chi connectivity index (χ0v) is 8.42. The Balaban J connectivity index is 3.28. The predicted octanol–water partition coefficient (Wildman–Crippen LogP) is 0.726. The van der Waals surface area contributed by atoms with E-state index in [1.54, 1.807) is 0 Å². The van der Waals surface area contributed by atoms with Gasteiger partial charge in [-0.3, -0.25) is 0 Å². The van der Waals surface area contributed by atoms with Gasteiger partial charge in [0.1, 0.15) is 0 Å². The van der Waals surface area contributed by atoms with Crippen LogP contribution in [0.1, 0.15) is 20.8 Å². The first-order chi connectivity index (χ1) is 5.74. The van der Waals surface area contributed by atoms with Crippen molar-refractivity contribution in [2.75, 3.05) is 32.8 Å². The number of aliphatic hydroxyl groups excluding tert-OH is 1. The Hall–Kier alpha value is -0.120. The summed E-state index contributed by atoms with van der Waals surface area (Å²) in [6.07, 6.45) is -0.0273. The monoisotopic (exact) mass is 175 g/mol. The van der Waals surface area contributed by atoms with E-state index in [4.69, 9.17) is 9.84 Å². The van der Waals surface area contributed by atoms with Crippen LogP contribution in [0.3, 0.4) is 0 Å². The van der Waals surface area contributed by atoms with Crippen molar-refractivity contribution in [2.45, 2.75) is 26.9 Å². The smallest absolute Gasteiger partial charge is 0.0778 e. The van der Waals surface area contributed by atoms with Gasteiger partial charge in [0.15, 0.2) is 0 Å². The first-order valence-corrected chi connectivity index (χ1v) is 4.69. The van der Waals surface area contributed by atoms with Crippen molar-refractivity contribution in [2.24, 2.45) is 0 Å². The van der Waals surface area contributed by atoms with Crippen molar-refractivity contribution >= 4 is 0 Å². The summed E-state index contributed by atoms with van der Waals surface area (Å²) < 4.78 is 5.33. The summed E-state index contributed by atoms with van der Waals surface area (Å²) in [5.74, 6) is 0. The average Bonchev–Trinajstić information content (AvgIpc) is 2.12. The maximum atomic E-state index is 8.68. The van der Waals surface area contributed by atoms with Crippen molar-refractivity contribution in [1.82, 2.24) is 4.90 Å². The van der Waals surface area contributed by atoms with Gasteiger partial charge in [-0.05, 0) is 20.0 Å². The summed E-state index contributed by atoms with van der Waals surface area (Å²) in [5.41, 5.74) is 0. The summed E-state index contributed by atoms with van der Waals surface area (Å²) in [7, 11) is 0. The zero-order chi connectivity index (χ0) is 9.40. The minimum atomic E-state index is -0.0273. The van der Waals surface area contributed by atoms with Crippen LogP contribution in [-0.2, 0) is 4.74 Å². The second-order valence-electron chi connectivity index (χ2n) is 2.89. The number of aliphatic hydroxyl groups is 1. The number of hydrogen-bond donors (Lipinski definition) is 1. The molecule has 0 aliphatic heterocycles. The third-order valence-corrected chi connectivity index (χ3v) is 1.96. The lowest BCUT2D eigenvalue weighted by atomic mass is 10.4. The molecule has 0 bridgehead atoms. The van der Waals surface area contributed by atoms with E-state index in [0.29, 0.717) is 6.61 Å². The second-order valence-corrected chi connectivity index (χ2v) is 2.89. The van der Waals surface area contributed by atoms with Crippen LogP contribution in [-0.4, -0.2) is 49.0 Å². The molecule has 0 spiro atoms. The van der Waals surface area contributed by atoms with Crippen molar-refractivity contribution in [3.8, 4) is 0 Å². The van der Waals surface area contributed by atoms with Crippen molar-refractivity contribution in [3.63, 3.8) is 0 Å². The largest absolute Gasteiger partial charge is 0.394 e. The maximum absolute atomic E-state index is 8.68. The van der Waals surface area contributed by atoms with Crippen LogP contribution < -0.4 is 0 Å². The van der Waals surface area contributed by atoms with E-state index >= 15 is 0 Å². The van der Waals surface area contributed by atoms with Gasteiger partial charge in [-0.1, -0.05) is 13.8 Å². The van der Waals surface area contributed by atoms with E-state index in [9.17, 15) is 0 Å². The number of rotatable bonds is 7. The molecule has 74 valence electrons. The van der Waals surface area contributed by atoms with E-state index in [0.717, 1.165) is 19.6 Å². The van der Waals surface area contributed by atoms with Crippen LogP contribution >= 0.6 is 0 Å². The third-order valence-electron chi connectivity index (χ3n) is 1.96. The Morgan fingerprint density at radius 2 is 1.92 bits per heavy atom. The number of ether oxygens (including phenoxy) is 1. The second kappa shape index (κ2) is 7.53. The zero-order valence-electron chi connectivity index (χ0n) is 8.42. The molecule has 0 radical (unpaired) electrons. The Morgan fingerprint density at radius 1 is 1.33 bits per heavy atom. The highest BCUT2D eigenvalue weighted by atomic mass is 16.5. The van der Waals surface area contributed by atoms with Gasteiger partial charge in [0.05, 0.1) is 19.3 Å². The van der Waals surface area contributed by atoms with E-state index in [-0.39, 0.29) is 12.7 Å². The molecule has 0 aromatic rings. The number of hydrogen-bond acceptors (Lipinski definition) is 3. The van der Waals surface area contributed by atoms with Crippen LogP contribution in [0.25, 0.3) is 0 Å². The topological polar surface area (TPSA) is 32.7 Å². The normalized spacial score (nSPS) is 13.8. The summed E-state index contributed by atoms with van der Waals surface area (Å²) in [5, 5.41) is 8.68. The van der Waals surface area contributed by atoms with Gasteiger partial charge >= 0.3 is 0 Å². The Bertz CT molecular complexity index is 94.5. The molecule has 0 saturated carbocycles. The highest BCUT2D eigenvalue weighted by Crippen LogP contribution is 1.91. The van der Waals surface area contributed by atoms with Gasteiger partial charge in [-0.25, -0.2) is 0 Å². The first-order valence-electron chi connectivity index (χ1n) is 4.69. The van der Waals surface area contributed by atoms with Gasteiger partial charge in [-0.2, -0.15) is 0 Å². The number of nitrogens with zero attached hydrogens (tertiary/aromatic N) is 1. The molecule has 0 amide bonds. The molecule has 1 atom stereocenters. The summed E-state index contributed by atoms with van der Waals surface area (Å²) >= 11 is 0. The lowest BCUT2D eigenvalue weighted by Gasteiger charge is -2.19. The molecule has 0 aromatic carbocycles. The quantitative estimate of drug-likeness (QED) is 0.619. The van der Waals surface area contributed by atoms with Crippen molar-refractivity contribution in [1.29, 1.82) is 0 Å². The Morgan fingerprint density at radius 3 is 2.33 bits per heavy atom. The van der Waals surface area contributed by atoms with Crippen LogP contribution in [0.2, 0.25) is 0 Å². The van der Waals surface area contributed by atoms with E-state index in [1.165, 1.54) is 0 Å². The molecular weight excluding hydrogens is 154 g/mol. The van der Waals surface area contributed by atoms with Crippen LogP contribution in [0.4, 0.5) is 0 Å². The fourth-order valence-corrected chi connectivity index (χ4v) is 0.976. The molecule has 12 heavy (non-hydrogen) atoms. The third kappa shape index (κ3) is 5.52. The lowest BCUT2D eigenvalue weighted by Crippen LogP contribution is -2.28. The highest BCUT2D eigenvalue weighted by Gasteiger charge is 2.01. The standard InChI is InChI=1S/C9H21NO2/c1-4-10(5-2)6-7-12-9(3)8-11/h9,11H,4-8H2,1-3H3. The molecule has 0 aromatic heterocycles. The predicted molar refractivity (Wildman–Crippen MR) is 50.3 cm³/mol. The van der Waals surface area contributed by atoms with Gasteiger partial charge < -0.3 is 14.7 Å². The van der Waals surface area contributed by atoms with Crippen LogP contribution in [0.5, 0.6) is 0 Å². The molecule has 1 N–H and O–H groups in total. The SMILES string of the molecule is CCN(CC)CCOC(C)CO. The van der Waals surface area contributed by atoms with Gasteiger partial charge in [0, 0.05) is 6.54 Å². The maximum Gasteiger partial charge on any atom is 0.0778 e. The van der Waals surface area contributed by atoms with Gasteiger partial charge in [0.2, 0.25) is 0 Å².